The molecule has 0 atom stereocenters. The molecular formula is C18H28N2. The van der Waals surface area contributed by atoms with Gasteiger partial charge in [-0.2, -0.15) is 0 Å². The summed E-state index contributed by atoms with van der Waals surface area (Å²) in [5, 5.41) is 0. The molecule has 1 aliphatic heterocycles. The third-order valence-electron chi connectivity index (χ3n) is 5.51. The Morgan fingerprint density at radius 2 is 1.60 bits per heavy atom. The summed E-state index contributed by atoms with van der Waals surface area (Å²) >= 11 is 0. The first-order valence-corrected chi connectivity index (χ1v) is 8.31. The SMILES string of the molecule is NCCc1ccccc1CN1CCC2(CCCC2)CC1. The van der Waals surface area contributed by atoms with Crippen LogP contribution in [0.4, 0.5) is 0 Å². The van der Waals surface area contributed by atoms with E-state index >= 15 is 0 Å². The van der Waals surface area contributed by atoms with Crippen LogP contribution in [0.15, 0.2) is 24.3 Å². The maximum Gasteiger partial charge on any atom is 0.0236 e. The highest BCUT2D eigenvalue weighted by molar-refractivity contribution is 5.27. The zero-order chi connectivity index (χ0) is 13.8. The number of benzene rings is 1. The van der Waals surface area contributed by atoms with Crippen molar-refractivity contribution in [1.29, 1.82) is 0 Å². The van der Waals surface area contributed by atoms with Gasteiger partial charge in [0.1, 0.15) is 0 Å². The third-order valence-corrected chi connectivity index (χ3v) is 5.51. The van der Waals surface area contributed by atoms with Gasteiger partial charge in [-0.15, -0.1) is 0 Å². The molecule has 1 aromatic rings. The van der Waals surface area contributed by atoms with Crippen LogP contribution in [0.2, 0.25) is 0 Å². The fourth-order valence-corrected chi connectivity index (χ4v) is 4.16. The number of piperidine rings is 1. The smallest absolute Gasteiger partial charge is 0.0236 e. The van der Waals surface area contributed by atoms with E-state index in [1.807, 2.05) is 0 Å². The van der Waals surface area contributed by atoms with Crippen molar-refractivity contribution in [2.45, 2.75) is 51.5 Å². The van der Waals surface area contributed by atoms with Crippen molar-refractivity contribution in [2.75, 3.05) is 19.6 Å². The summed E-state index contributed by atoms with van der Waals surface area (Å²) in [4.78, 5) is 2.65. The quantitative estimate of drug-likeness (QED) is 0.911. The first-order chi connectivity index (χ1) is 9.81. The molecule has 0 amide bonds. The number of likely N-dealkylation sites (tertiary alicyclic amines) is 1. The first kappa shape index (κ1) is 14.1. The summed E-state index contributed by atoms with van der Waals surface area (Å²) in [6, 6.07) is 8.82. The van der Waals surface area contributed by atoms with Crippen molar-refractivity contribution in [3.8, 4) is 0 Å². The van der Waals surface area contributed by atoms with Gasteiger partial charge in [0.15, 0.2) is 0 Å². The van der Waals surface area contributed by atoms with Gasteiger partial charge in [-0.3, -0.25) is 4.90 Å². The van der Waals surface area contributed by atoms with Gasteiger partial charge in [0.05, 0.1) is 0 Å². The fourth-order valence-electron chi connectivity index (χ4n) is 4.16. The molecule has 20 heavy (non-hydrogen) atoms. The summed E-state index contributed by atoms with van der Waals surface area (Å²) in [6.07, 6.45) is 9.78. The van der Waals surface area contributed by atoms with Crippen LogP contribution in [0.25, 0.3) is 0 Å². The second-order valence-electron chi connectivity index (χ2n) is 6.79. The molecule has 1 saturated carbocycles. The van der Waals surface area contributed by atoms with Crippen molar-refractivity contribution >= 4 is 0 Å². The molecule has 1 spiro atoms. The molecule has 0 unspecified atom stereocenters. The molecule has 110 valence electrons. The van der Waals surface area contributed by atoms with Crippen LogP contribution in [0.5, 0.6) is 0 Å². The maximum atomic E-state index is 5.73. The lowest BCUT2D eigenvalue weighted by molar-refractivity contribution is 0.103. The van der Waals surface area contributed by atoms with E-state index in [1.165, 1.54) is 62.7 Å². The standard InChI is InChI=1S/C18H28N2/c19-12-7-16-5-1-2-6-17(16)15-20-13-10-18(11-14-20)8-3-4-9-18/h1-2,5-6H,3-4,7-15,19H2. The summed E-state index contributed by atoms with van der Waals surface area (Å²) < 4.78 is 0. The minimum absolute atomic E-state index is 0.729. The first-order valence-electron chi connectivity index (χ1n) is 8.31. The number of hydrogen-bond acceptors (Lipinski definition) is 2. The topological polar surface area (TPSA) is 29.3 Å². The van der Waals surface area contributed by atoms with Gasteiger partial charge >= 0.3 is 0 Å². The summed E-state index contributed by atoms with van der Waals surface area (Å²) in [5.74, 6) is 0. The van der Waals surface area contributed by atoms with Crippen LogP contribution in [0.3, 0.4) is 0 Å². The number of hydrogen-bond donors (Lipinski definition) is 1. The summed E-state index contributed by atoms with van der Waals surface area (Å²) in [7, 11) is 0. The zero-order valence-corrected chi connectivity index (χ0v) is 12.6. The van der Waals surface area contributed by atoms with E-state index in [-0.39, 0.29) is 0 Å². The molecule has 2 nitrogen and oxygen atoms in total. The van der Waals surface area contributed by atoms with Crippen LogP contribution >= 0.6 is 0 Å². The van der Waals surface area contributed by atoms with Crippen LogP contribution < -0.4 is 5.73 Å². The Bertz CT molecular complexity index is 425. The lowest BCUT2D eigenvalue weighted by Gasteiger charge is -2.39. The average molecular weight is 272 g/mol. The van der Waals surface area contributed by atoms with Crippen molar-refractivity contribution in [3.05, 3.63) is 35.4 Å². The number of nitrogens with two attached hydrogens (primary N) is 1. The molecule has 2 fully saturated rings. The van der Waals surface area contributed by atoms with Gasteiger partial charge in [-0.25, -0.2) is 0 Å². The van der Waals surface area contributed by atoms with E-state index in [0.29, 0.717) is 0 Å². The lowest BCUT2D eigenvalue weighted by atomic mass is 9.77. The molecule has 0 aromatic heterocycles. The van der Waals surface area contributed by atoms with E-state index in [9.17, 15) is 0 Å². The van der Waals surface area contributed by atoms with E-state index in [4.69, 9.17) is 5.73 Å². The Morgan fingerprint density at radius 1 is 0.950 bits per heavy atom. The molecule has 0 bridgehead atoms. The normalized spacial score (nSPS) is 22.4. The molecule has 1 aliphatic carbocycles. The average Bonchev–Trinajstić information content (AvgIpc) is 2.92. The van der Waals surface area contributed by atoms with Crippen molar-refractivity contribution in [2.24, 2.45) is 11.1 Å². The Morgan fingerprint density at radius 3 is 2.25 bits per heavy atom. The second kappa shape index (κ2) is 6.28. The monoisotopic (exact) mass is 272 g/mol. The minimum Gasteiger partial charge on any atom is -0.330 e. The van der Waals surface area contributed by atoms with E-state index in [1.54, 1.807) is 0 Å². The third kappa shape index (κ3) is 3.07. The van der Waals surface area contributed by atoms with Crippen LogP contribution in [-0.4, -0.2) is 24.5 Å². The van der Waals surface area contributed by atoms with Crippen molar-refractivity contribution in [3.63, 3.8) is 0 Å². The molecular weight excluding hydrogens is 244 g/mol. The predicted octanol–water partition coefficient (Wildman–Crippen LogP) is 3.34. The van der Waals surface area contributed by atoms with Gasteiger partial charge in [0.25, 0.3) is 0 Å². The van der Waals surface area contributed by atoms with Gasteiger partial charge in [-0.1, -0.05) is 37.1 Å². The second-order valence-corrected chi connectivity index (χ2v) is 6.79. The molecule has 2 aliphatic rings. The Hall–Kier alpha value is -0.860. The molecule has 2 heteroatoms. The van der Waals surface area contributed by atoms with Gasteiger partial charge < -0.3 is 5.73 Å². The molecule has 1 saturated heterocycles. The fraction of sp³-hybridized carbons (Fsp3) is 0.667. The molecule has 3 rings (SSSR count). The minimum atomic E-state index is 0.729. The van der Waals surface area contributed by atoms with Gasteiger partial charge in [0, 0.05) is 6.54 Å². The van der Waals surface area contributed by atoms with E-state index in [2.05, 4.69) is 29.2 Å². The van der Waals surface area contributed by atoms with E-state index < -0.39 is 0 Å². The highest BCUT2D eigenvalue weighted by atomic mass is 15.1. The lowest BCUT2D eigenvalue weighted by Crippen LogP contribution is -2.38. The van der Waals surface area contributed by atoms with Crippen molar-refractivity contribution < 1.29 is 0 Å². The van der Waals surface area contributed by atoms with Crippen LogP contribution in [-0.2, 0) is 13.0 Å². The Kier molecular flexibility index (Phi) is 4.42. The molecule has 1 aromatic carbocycles. The predicted molar refractivity (Wildman–Crippen MR) is 84.6 cm³/mol. The van der Waals surface area contributed by atoms with Crippen LogP contribution in [0.1, 0.15) is 49.7 Å². The maximum absolute atomic E-state index is 5.73. The van der Waals surface area contributed by atoms with Gasteiger partial charge in [-0.05, 0) is 68.3 Å². The highest BCUT2D eigenvalue weighted by Gasteiger charge is 2.36. The zero-order valence-electron chi connectivity index (χ0n) is 12.6. The molecule has 2 N–H and O–H groups in total. The molecule has 0 radical (unpaired) electrons. The number of nitrogens with zero attached hydrogens (tertiary/aromatic N) is 1. The summed E-state index contributed by atoms with van der Waals surface area (Å²) in [5.41, 5.74) is 9.38. The van der Waals surface area contributed by atoms with E-state index in [0.717, 1.165) is 24.9 Å². The number of rotatable bonds is 4. The highest BCUT2D eigenvalue weighted by Crippen LogP contribution is 2.46. The van der Waals surface area contributed by atoms with Gasteiger partial charge in [0.2, 0.25) is 0 Å². The van der Waals surface area contributed by atoms with Crippen LogP contribution in [0, 0.1) is 5.41 Å². The largest absolute Gasteiger partial charge is 0.330 e. The molecule has 1 heterocycles. The Labute approximate surface area is 123 Å². The van der Waals surface area contributed by atoms with Crippen molar-refractivity contribution in [1.82, 2.24) is 4.90 Å². The Balaban J connectivity index is 1.59. The summed E-state index contributed by atoms with van der Waals surface area (Å²) in [6.45, 7) is 4.44.